The van der Waals surface area contributed by atoms with Gasteiger partial charge in [-0.05, 0) is 43.4 Å². The molecular weight excluding hydrogens is 540 g/mol. The Bertz CT molecular complexity index is 1310. The van der Waals surface area contributed by atoms with Crippen molar-refractivity contribution in [1.29, 1.82) is 0 Å². The number of hydrogen-bond acceptors (Lipinski definition) is 8. The summed E-state index contributed by atoms with van der Waals surface area (Å²) in [6.45, 7) is 0.0208. The number of carbonyl (C=O) groups excluding carboxylic acids is 2. The van der Waals surface area contributed by atoms with Crippen molar-refractivity contribution in [2.45, 2.75) is 37.5 Å². The fraction of sp³-hybridized carbons (Fsp3) is 0.417. The summed E-state index contributed by atoms with van der Waals surface area (Å²) in [6.07, 6.45) is 2.97. The van der Waals surface area contributed by atoms with Crippen LogP contribution < -0.4 is 5.32 Å². The Hall–Kier alpha value is -2.51. The van der Waals surface area contributed by atoms with E-state index in [1.165, 1.54) is 18.2 Å². The van der Waals surface area contributed by atoms with Crippen LogP contribution in [0.15, 0.2) is 48.5 Å². The van der Waals surface area contributed by atoms with Gasteiger partial charge in [-0.3, -0.25) is 25.0 Å². The molecule has 0 saturated carbocycles. The van der Waals surface area contributed by atoms with Crippen molar-refractivity contribution in [3.05, 3.63) is 74.8 Å². The van der Waals surface area contributed by atoms with Crippen LogP contribution in [0.2, 0.25) is 5.02 Å². The second kappa shape index (κ2) is 11.1. The molecule has 13 heteroatoms. The van der Waals surface area contributed by atoms with E-state index in [-0.39, 0.29) is 54.7 Å². The predicted molar refractivity (Wildman–Crippen MR) is 142 cm³/mol. The maximum atomic E-state index is 13.5. The van der Waals surface area contributed by atoms with E-state index in [1.807, 2.05) is 6.26 Å². The van der Waals surface area contributed by atoms with Crippen LogP contribution in [0.4, 0.5) is 5.69 Å². The molecule has 2 aliphatic heterocycles. The first-order chi connectivity index (χ1) is 17.6. The number of sulfonamides is 1. The maximum absolute atomic E-state index is 13.5. The average molecular weight is 567 g/mol. The minimum absolute atomic E-state index is 0.00143. The zero-order valence-corrected chi connectivity index (χ0v) is 22.5. The molecule has 2 saturated heterocycles. The number of nitro groups is 1. The van der Waals surface area contributed by atoms with Crippen molar-refractivity contribution >= 4 is 50.1 Å². The molecule has 0 aliphatic carbocycles. The summed E-state index contributed by atoms with van der Waals surface area (Å²) in [5.41, 5.74) is -0.655. The Balaban J connectivity index is 1.59. The van der Waals surface area contributed by atoms with E-state index < -0.39 is 31.8 Å². The van der Waals surface area contributed by atoms with Gasteiger partial charge in [0.05, 0.1) is 33.8 Å². The topological polar surface area (TPSA) is 130 Å². The van der Waals surface area contributed by atoms with Crippen molar-refractivity contribution in [1.82, 2.24) is 14.5 Å². The van der Waals surface area contributed by atoms with Crippen molar-refractivity contribution in [3.63, 3.8) is 0 Å². The van der Waals surface area contributed by atoms with Crippen molar-refractivity contribution < 1.29 is 22.9 Å². The lowest BCUT2D eigenvalue weighted by Crippen LogP contribution is -2.59. The van der Waals surface area contributed by atoms with Gasteiger partial charge in [-0.1, -0.05) is 41.9 Å². The van der Waals surface area contributed by atoms with Crippen LogP contribution in [-0.2, 0) is 21.4 Å². The third kappa shape index (κ3) is 5.39. The number of nitrogens with one attached hydrogen (secondary N) is 1. The van der Waals surface area contributed by atoms with Crippen molar-refractivity contribution in [2.24, 2.45) is 0 Å². The molecule has 4 rings (SSSR count). The third-order valence-corrected chi connectivity index (χ3v) is 9.58. The number of piperidine rings is 1. The van der Waals surface area contributed by atoms with Gasteiger partial charge < -0.3 is 4.90 Å². The Morgan fingerprint density at radius 1 is 1.19 bits per heavy atom. The van der Waals surface area contributed by atoms with Crippen LogP contribution in [0.25, 0.3) is 0 Å². The number of benzene rings is 2. The quantitative estimate of drug-likeness (QED) is 0.381. The van der Waals surface area contributed by atoms with Crippen molar-refractivity contribution in [2.75, 3.05) is 25.1 Å². The maximum Gasteiger partial charge on any atom is 0.293 e. The van der Waals surface area contributed by atoms with E-state index in [1.54, 1.807) is 47.0 Å². The van der Waals surface area contributed by atoms with E-state index >= 15 is 0 Å². The zero-order chi connectivity index (χ0) is 26.8. The fourth-order valence-corrected chi connectivity index (χ4v) is 7.01. The van der Waals surface area contributed by atoms with Crippen LogP contribution in [-0.4, -0.2) is 70.4 Å². The summed E-state index contributed by atoms with van der Waals surface area (Å²) in [7, 11) is -4.33. The van der Waals surface area contributed by atoms with Gasteiger partial charge in [0.15, 0.2) is 0 Å². The lowest BCUT2D eigenvalue weighted by Gasteiger charge is -2.44. The number of hydrogen-bond donors (Lipinski definition) is 1. The Kier molecular flexibility index (Phi) is 8.24. The number of nitrogens with zero attached hydrogens (tertiary/aromatic N) is 3. The lowest BCUT2D eigenvalue weighted by molar-refractivity contribution is -0.385. The highest BCUT2D eigenvalue weighted by Gasteiger charge is 2.53. The summed E-state index contributed by atoms with van der Waals surface area (Å²) in [5.74, 6) is 0.571. The van der Waals surface area contributed by atoms with E-state index in [4.69, 9.17) is 11.6 Å². The predicted octanol–water partition coefficient (Wildman–Crippen LogP) is 3.26. The van der Waals surface area contributed by atoms with Gasteiger partial charge >= 0.3 is 0 Å². The second-order valence-electron chi connectivity index (χ2n) is 8.99. The first kappa shape index (κ1) is 27.5. The summed E-state index contributed by atoms with van der Waals surface area (Å²) in [4.78, 5) is 39.0. The number of thioether (sulfide) groups is 1. The molecule has 0 radical (unpaired) electrons. The standard InChI is InChI=1S/C24H27ClN4O6S2/c1-36-15-10-20-22(30)28(16-17-6-2-5-9-21(17)29(32)33)24(26-20)11-13-27(14-12-24)37(34,35)23(31)18-7-3-4-8-19(18)25/h2-9,20,26H,10-16H2,1H3. The van der Waals surface area contributed by atoms with E-state index in [2.05, 4.69) is 5.32 Å². The number of halogens is 1. The summed E-state index contributed by atoms with van der Waals surface area (Å²) < 4.78 is 27.4. The van der Waals surface area contributed by atoms with Crippen LogP contribution in [0, 0.1) is 10.1 Å². The Labute approximate surface area is 224 Å². The van der Waals surface area contributed by atoms with E-state index in [9.17, 15) is 28.1 Å². The third-order valence-electron chi connectivity index (χ3n) is 6.87. The highest BCUT2D eigenvalue weighted by Crippen LogP contribution is 2.37. The summed E-state index contributed by atoms with van der Waals surface area (Å²) in [5, 5.41) is 14.0. The molecule has 2 aromatic rings. The lowest BCUT2D eigenvalue weighted by atomic mass is 9.96. The number of amides is 1. The first-order valence-corrected chi connectivity index (χ1v) is 14.9. The van der Waals surface area contributed by atoms with Gasteiger partial charge in [0.1, 0.15) is 0 Å². The van der Waals surface area contributed by atoms with Gasteiger partial charge in [-0.25, -0.2) is 8.42 Å². The molecule has 2 fully saturated rings. The zero-order valence-electron chi connectivity index (χ0n) is 20.1. The molecule has 1 amide bonds. The molecule has 1 spiro atoms. The molecule has 198 valence electrons. The minimum atomic E-state index is -4.33. The molecule has 37 heavy (non-hydrogen) atoms. The highest BCUT2D eigenvalue weighted by atomic mass is 35.5. The van der Waals surface area contributed by atoms with Gasteiger partial charge in [-0.15, -0.1) is 0 Å². The van der Waals surface area contributed by atoms with Gasteiger partial charge in [0.2, 0.25) is 5.91 Å². The largest absolute Gasteiger partial charge is 0.318 e. The van der Waals surface area contributed by atoms with Crippen LogP contribution in [0.1, 0.15) is 35.2 Å². The Morgan fingerprint density at radius 2 is 1.84 bits per heavy atom. The smallest absolute Gasteiger partial charge is 0.293 e. The summed E-state index contributed by atoms with van der Waals surface area (Å²) in [6, 6.07) is 11.8. The van der Waals surface area contributed by atoms with Gasteiger partial charge in [0.25, 0.3) is 20.8 Å². The SMILES string of the molecule is CSCCC1NC2(CCN(S(=O)(=O)C(=O)c3ccccc3Cl)CC2)N(Cc2ccccc2[N+](=O)[O-])C1=O. The molecule has 1 N–H and O–H groups in total. The molecular formula is C24H27ClN4O6S2. The number of para-hydroxylation sites is 1. The summed E-state index contributed by atoms with van der Waals surface area (Å²) >= 11 is 7.67. The Morgan fingerprint density at radius 3 is 2.49 bits per heavy atom. The van der Waals surface area contributed by atoms with Gasteiger partial charge in [0, 0.05) is 24.7 Å². The van der Waals surface area contributed by atoms with E-state index in [0.717, 1.165) is 10.1 Å². The van der Waals surface area contributed by atoms with Crippen LogP contribution >= 0.6 is 23.4 Å². The fourth-order valence-electron chi connectivity index (χ4n) is 4.91. The molecule has 0 bridgehead atoms. The number of rotatable bonds is 8. The first-order valence-electron chi connectivity index (χ1n) is 11.7. The average Bonchev–Trinajstić information content (AvgIpc) is 3.13. The monoisotopic (exact) mass is 566 g/mol. The molecule has 0 aromatic heterocycles. The number of nitro benzene ring substituents is 1. The number of carbonyl (C=O) groups is 2. The van der Waals surface area contributed by atoms with Crippen molar-refractivity contribution in [3.8, 4) is 0 Å². The molecule has 2 heterocycles. The van der Waals surface area contributed by atoms with Crippen LogP contribution in [0.5, 0.6) is 0 Å². The minimum Gasteiger partial charge on any atom is -0.318 e. The molecule has 1 atom stereocenters. The van der Waals surface area contributed by atoms with E-state index in [0.29, 0.717) is 12.0 Å². The second-order valence-corrected chi connectivity index (χ2v) is 12.2. The highest BCUT2D eigenvalue weighted by molar-refractivity contribution is 8.04. The molecule has 2 aliphatic rings. The molecule has 2 aromatic carbocycles. The molecule has 1 unspecified atom stereocenters. The molecule has 10 nitrogen and oxygen atoms in total. The normalized spacial score (nSPS) is 19.9. The van der Waals surface area contributed by atoms with Gasteiger partial charge in [-0.2, -0.15) is 16.1 Å². The van der Waals surface area contributed by atoms with Crippen LogP contribution in [0.3, 0.4) is 0 Å².